The molecule has 180 valence electrons. The number of amides is 1. The van der Waals surface area contributed by atoms with Crippen molar-refractivity contribution in [3.05, 3.63) is 64.4 Å². The molecule has 1 amide bonds. The molecule has 0 spiro atoms. The maximum absolute atomic E-state index is 13.5. The number of hydrogen-bond acceptors (Lipinski definition) is 9. The monoisotopic (exact) mass is 497 g/mol. The Morgan fingerprint density at radius 1 is 1.17 bits per heavy atom. The molecular formula is C24H20FN3O6S. The molecule has 2 aromatic heterocycles. The number of carbonyl (C=O) groups is 2. The van der Waals surface area contributed by atoms with Gasteiger partial charge in [-0.25, -0.2) is 19.0 Å². The van der Waals surface area contributed by atoms with E-state index in [9.17, 15) is 14.0 Å². The molecule has 5 rings (SSSR count). The van der Waals surface area contributed by atoms with Gasteiger partial charge in [-0.3, -0.25) is 0 Å². The predicted octanol–water partition coefficient (Wildman–Crippen LogP) is 4.35. The zero-order valence-corrected chi connectivity index (χ0v) is 19.2. The summed E-state index contributed by atoms with van der Waals surface area (Å²) in [5.41, 5.74) is 9.10. The lowest BCUT2D eigenvalue weighted by Crippen LogP contribution is -2.36. The fourth-order valence-electron chi connectivity index (χ4n) is 3.89. The Balaban J connectivity index is 1.66. The van der Waals surface area contributed by atoms with Gasteiger partial charge in [-0.15, -0.1) is 11.3 Å². The van der Waals surface area contributed by atoms with Crippen molar-refractivity contribution in [2.24, 2.45) is 5.73 Å². The minimum atomic E-state index is -1.25. The van der Waals surface area contributed by atoms with E-state index < -0.39 is 17.9 Å². The molecule has 11 heteroatoms. The Morgan fingerprint density at radius 3 is 2.63 bits per heavy atom. The van der Waals surface area contributed by atoms with Crippen molar-refractivity contribution in [1.29, 1.82) is 0 Å². The number of primary amides is 1. The van der Waals surface area contributed by atoms with Gasteiger partial charge >= 0.3 is 12.1 Å². The van der Waals surface area contributed by atoms with E-state index in [1.54, 1.807) is 17.6 Å². The summed E-state index contributed by atoms with van der Waals surface area (Å²) < 4.78 is 35.9. The van der Waals surface area contributed by atoms with Crippen LogP contribution in [0, 0.1) is 5.82 Å². The summed E-state index contributed by atoms with van der Waals surface area (Å²) in [5.74, 6) is -0.818. The number of morpholine rings is 1. The van der Waals surface area contributed by atoms with Crippen LogP contribution in [-0.2, 0) is 16.1 Å². The van der Waals surface area contributed by atoms with E-state index in [1.807, 2.05) is 5.38 Å². The van der Waals surface area contributed by atoms with Gasteiger partial charge < -0.3 is 29.3 Å². The van der Waals surface area contributed by atoms with Crippen molar-refractivity contribution in [3.8, 4) is 17.1 Å². The standard InChI is InChI=1S/C24H20FN3O6S/c25-15-3-1-14(2-4-15)22-21(23(29)34-24(26)30)17-9-20(32-11-16-12-35-13-27-16)18(10-19(17)33-22)28-5-7-31-8-6-28/h1-4,9-10,12-13H,5-8,11H2,(H2,26,30). The molecule has 4 aromatic rings. The summed E-state index contributed by atoms with van der Waals surface area (Å²) in [6.07, 6.45) is -1.25. The van der Waals surface area contributed by atoms with E-state index in [2.05, 4.69) is 14.6 Å². The van der Waals surface area contributed by atoms with E-state index in [4.69, 9.17) is 19.6 Å². The van der Waals surface area contributed by atoms with Gasteiger partial charge in [0.05, 0.1) is 30.1 Å². The smallest absolute Gasteiger partial charge is 0.412 e. The first-order chi connectivity index (χ1) is 17.0. The van der Waals surface area contributed by atoms with Gasteiger partial charge in [-0.1, -0.05) is 0 Å². The van der Waals surface area contributed by atoms with Crippen LogP contribution in [0.2, 0.25) is 0 Å². The molecule has 0 aliphatic carbocycles. The summed E-state index contributed by atoms with van der Waals surface area (Å²) >= 11 is 1.46. The van der Waals surface area contributed by atoms with Crippen LogP contribution in [0.15, 0.2) is 51.7 Å². The molecular weight excluding hydrogens is 477 g/mol. The average molecular weight is 498 g/mol. The van der Waals surface area contributed by atoms with E-state index in [-0.39, 0.29) is 17.9 Å². The molecule has 2 aromatic carbocycles. The summed E-state index contributed by atoms with van der Waals surface area (Å²) in [6.45, 7) is 2.61. The van der Waals surface area contributed by atoms with Gasteiger partial charge in [-0.05, 0) is 30.3 Å². The molecule has 3 heterocycles. The summed E-state index contributed by atoms with van der Waals surface area (Å²) in [5, 5.41) is 2.24. The normalized spacial score (nSPS) is 13.7. The van der Waals surface area contributed by atoms with Gasteiger partial charge in [0.1, 0.15) is 35.1 Å². The van der Waals surface area contributed by atoms with Crippen LogP contribution >= 0.6 is 11.3 Å². The van der Waals surface area contributed by atoms with Crippen molar-refractivity contribution in [3.63, 3.8) is 0 Å². The highest BCUT2D eigenvalue weighted by atomic mass is 32.1. The van der Waals surface area contributed by atoms with Gasteiger partial charge in [0.15, 0.2) is 0 Å². The molecule has 1 saturated heterocycles. The van der Waals surface area contributed by atoms with Crippen molar-refractivity contribution < 1.29 is 32.6 Å². The fraction of sp³-hybridized carbons (Fsp3) is 0.208. The zero-order valence-electron chi connectivity index (χ0n) is 18.4. The number of ether oxygens (including phenoxy) is 3. The maximum atomic E-state index is 13.5. The number of benzene rings is 2. The van der Waals surface area contributed by atoms with Crippen LogP contribution in [0.1, 0.15) is 16.1 Å². The zero-order chi connectivity index (χ0) is 24.4. The van der Waals surface area contributed by atoms with Crippen molar-refractivity contribution >= 4 is 40.1 Å². The van der Waals surface area contributed by atoms with Crippen molar-refractivity contribution in [2.45, 2.75) is 6.61 Å². The molecule has 0 saturated carbocycles. The lowest BCUT2D eigenvalue weighted by molar-refractivity contribution is 0.0640. The highest BCUT2D eigenvalue weighted by Gasteiger charge is 2.28. The topological polar surface area (TPSA) is 117 Å². The first-order valence-corrected chi connectivity index (χ1v) is 11.6. The Morgan fingerprint density at radius 2 is 1.94 bits per heavy atom. The SMILES string of the molecule is NC(=O)OC(=O)c1c(-c2ccc(F)cc2)oc2cc(N3CCOCC3)c(OCc3cscn3)cc12. The lowest BCUT2D eigenvalue weighted by atomic mass is 10.0. The largest absolute Gasteiger partial charge is 0.485 e. The number of anilines is 1. The van der Waals surface area contributed by atoms with E-state index in [0.717, 1.165) is 11.4 Å². The number of furan rings is 1. The Kier molecular flexibility index (Phi) is 6.34. The molecule has 9 nitrogen and oxygen atoms in total. The van der Waals surface area contributed by atoms with Gasteiger partial charge in [0.2, 0.25) is 0 Å². The van der Waals surface area contributed by atoms with E-state index >= 15 is 0 Å². The molecule has 1 aliphatic heterocycles. The Bertz CT molecular complexity index is 1360. The molecule has 0 atom stereocenters. The van der Waals surface area contributed by atoms with Crippen LogP contribution in [0.5, 0.6) is 5.75 Å². The Hall–Kier alpha value is -3.96. The fourth-order valence-corrected chi connectivity index (χ4v) is 4.43. The number of hydrogen-bond donors (Lipinski definition) is 1. The summed E-state index contributed by atoms with van der Waals surface area (Å²) in [7, 11) is 0. The second-order valence-electron chi connectivity index (χ2n) is 7.71. The quantitative estimate of drug-likeness (QED) is 0.309. The number of aromatic nitrogens is 1. The highest BCUT2D eigenvalue weighted by Crippen LogP contribution is 2.41. The number of esters is 1. The third-order valence-corrected chi connectivity index (χ3v) is 6.12. The summed E-state index contributed by atoms with van der Waals surface area (Å²) in [6, 6.07) is 8.86. The number of nitrogens with two attached hydrogens (primary N) is 1. The first kappa shape index (κ1) is 22.8. The number of nitrogens with zero attached hydrogens (tertiary/aromatic N) is 2. The second kappa shape index (κ2) is 9.72. The second-order valence-corrected chi connectivity index (χ2v) is 8.42. The van der Waals surface area contributed by atoms with Crippen LogP contribution in [0.3, 0.4) is 0 Å². The van der Waals surface area contributed by atoms with Gasteiger partial charge in [0.25, 0.3) is 0 Å². The Labute approximate surface area is 202 Å². The molecule has 1 fully saturated rings. The summed E-state index contributed by atoms with van der Waals surface area (Å²) in [4.78, 5) is 30.6. The van der Waals surface area contributed by atoms with Crippen LogP contribution in [0.4, 0.5) is 14.9 Å². The number of halogens is 1. The van der Waals surface area contributed by atoms with E-state index in [0.29, 0.717) is 48.6 Å². The number of carbonyl (C=O) groups excluding carboxylic acids is 2. The van der Waals surface area contributed by atoms with Crippen molar-refractivity contribution in [1.82, 2.24) is 4.98 Å². The first-order valence-electron chi connectivity index (χ1n) is 10.7. The van der Waals surface area contributed by atoms with Crippen LogP contribution < -0.4 is 15.4 Å². The van der Waals surface area contributed by atoms with Gasteiger partial charge in [-0.2, -0.15) is 0 Å². The molecule has 0 unspecified atom stereocenters. The van der Waals surface area contributed by atoms with Crippen molar-refractivity contribution in [2.75, 3.05) is 31.2 Å². The number of fused-ring (bicyclic) bond motifs is 1. The molecule has 1 aliphatic rings. The minimum Gasteiger partial charge on any atom is -0.485 e. The van der Waals surface area contributed by atoms with E-state index in [1.165, 1.54) is 35.6 Å². The van der Waals surface area contributed by atoms with Crippen LogP contribution in [-0.4, -0.2) is 43.3 Å². The third-order valence-electron chi connectivity index (χ3n) is 5.48. The predicted molar refractivity (Wildman–Crippen MR) is 126 cm³/mol. The molecule has 35 heavy (non-hydrogen) atoms. The highest BCUT2D eigenvalue weighted by molar-refractivity contribution is 7.07. The maximum Gasteiger partial charge on any atom is 0.412 e. The molecule has 2 N–H and O–H groups in total. The molecule has 0 radical (unpaired) electrons. The number of rotatable bonds is 6. The van der Waals surface area contributed by atoms with Crippen LogP contribution in [0.25, 0.3) is 22.3 Å². The molecule has 0 bridgehead atoms. The third kappa shape index (κ3) is 4.81. The van der Waals surface area contributed by atoms with Gasteiger partial charge in [0, 0.05) is 35.5 Å². The lowest BCUT2D eigenvalue weighted by Gasteiger charge is -2.30. The average Bonchev–Trinajstić information content (AvgIpc) is 3.50. The minimum absolute atomic E-state index is 0.0163. The number of thiazole rings is 1.